The maximum atomic E-state index is 12.6. The number of allylic oxidation sites excluding steroid dienone is 1. The molecule has 27 heavy (non-hydrogen) atoms. The molecule has 2 fully saturated rings. The van der Waals surface area contributed by atoms with Gasteiger partial charge >= 0.3 is 13.1 Å². The fraction of sp³-hybridized carbons (Fsp3) is 0.842. The molecule has 0 aliphatic carbocycles. The highest BCUT2D eigenvalue weighted by molar-refractivity contribution is 6.78. The lowest BCUT2D eigenvalue weighted by molar-refractivity contribution is -0.146. The zero-order valence-corrected chi connectivity index (χ0v) is 19.3. The van der Waals surface area contributed by atoms with Crippen molar-refractivity contribution in [2.24, 2.45) is 0 Å². The van der Waals surface area contributed by atoms with Crippen LogP contribution in [0.25, 0.3) is 0 Å². The predicted octanol–water partition coefficient (Wildman–Crippen LogP) is 2.76. The van der Waals surface area contributed by atoms with Crippen molar-refractivity contribution in [1.82, 2.24) is 4.90 Å². The number of nitrogens with zero attached hydrogens (tertiary/aromatic N) is 1. The minimum Gasteiger partial charge on any atom is -0.468 e. The maximum Gasteiger partial charge on any atom is 0.490 e. The second-order valence-corrected chi connectivity index (χ2v) is 15.2. The Kier molecular flexibility index (Phi) is 7.01. The van der Waals surface area contributed by atoms with Crippen molar-refractivity contribution in [1.29, 1.82) is 0 Å². The number of carbonyl (C=O) groups excluding carboxylic acids is 1. The molecule has 0 bridgehead atoms. The Balaban J connectivity index is 2.36. The number of carbonyl (C=O) groups is 1. The Morgan fingerprint density at radius 3 is 2.11 bits per heavy atom. The molecule has 1 unspecified atom stereocenters. The van der Waals surface area contributed by atoms with Crippen LogP contribution in [0.2, 0.25) is 25.7 Å². The molecule has 0 spiro atoms. The third-order valence-corrected chi connectivity index (χ3v) is 7.01. The first-order valence-electron chi connectivity index (χ1n) is 9.82. The molecule has 1 atom stereocenters. The first-order chi connectivity index (χ1) is 12.4. The van der Waals surface area contributed by atoms with Crippen LogP contribution < -0.4 is 0 Å². The van der Waals surface area contributed by atoms with Crippen molar-refractivity contribution in [3.8, 4) is 0 Å². The Bertz CT molecular complexity index is 551. The van der Waals surface area contributed by atoms with Gasteiger partial charge in [-0.25, -0.2) is 0 Å². The van der Waals surface area contributed by atoms with Crippen LogP contribution in [-0.4, -0.2) is 76.7 Å². The van der Waals surface area contributed by atoms with E-state index in [2.05, 4.69) is 52.2 Å². The van der Waals surface area contributed by atoms with Crippen LogP contribution in [0.1, 0.15) is 27.7 Å². The first-order valence-corrected chi connectivity index (χ1v) is 13.5. The molecule has 0 aromatic heterocycles. The normalized spacial score (nSPS) is 24.7. The van der Waals surface area contributed by atoms with E-state index in [-0.39, 0.29) is 5.97 Å². The molecule has 2 aliphatic rings. The van der Waals surface area contributed by atoms with Gasteiger partial charge in [0.1, 0.15) is 6.04 Å². The molecule has 0 N–H and O–H groups in total. The van der Waals surface area contributed by atoms with Crippen molar-refractivity contribution in [3.05, 3.63) is 11.5 Å². The van der Waals surface area contributed by atoms with E-state index < -0.39 is 32.4 Å². The number of hydrogen-bond donors (Lipinski definition) is 0. The van der Waals surface area contributed by atoms with Gasteiger partial charge in [0.25, 0.3) is 0 Å². The lowest BCUT2D eigenvalue weighted by atomic mass is 9.78. The van der Waals surface area contributed by atoms with Gasteiger partial charge in [-0.2, -0.15) is 0 Å². The minimum absolute atomic E-state index is 0.249. The molecule has 2 saturated heterocycles. The van der Waals surface area contributed by atoms with Crippen LogP contribution in [-0.2, 0) is 23.6 Å². The van der Waals surface area contributed by atoms with Crippen LogP contribution in [0.4, 0.5) is 0 Å². The number of hydrogen-bond acceptors (Lipinski definition) is 6. The largest absolute Gasteiger partial charge is 0.490 e. The van der Waals surface area contributed by atoms with E-state index in [0.717, 1.165) is 11.5 Å². The van der Waals surface area contributed by atoms with E-state index >= 15 is 0 Å². The Morgan fingerprint density at radius 2 is 1.67 bits per heavy atom. The van der Waals surface area contributed by atoms with Crippen molar-refractivity contribution in [2.45, 2.75) is 70.6 Å². The van der Waals surface area contributed by atoms with Gasteiger partial charge in [0.2, 0.25) is 0 Å². The maximum absolute atomic E-state index is 12.6. The highest BCUT2D eigenvalue weighted by atomic mass is 28.3. The second kappa shape index (κ2) is 8.37. The van der Waals surface area contributed by atoms with Crippen LogP contribution in [0.5, 0.6) is 0 Å². The van der Waals surface area contributed by atoms with Crippen LogP contribution >= 0.6 is 0 Å². The number of morpholine rings is 1. The van der Waals surface area contributed by atoms with E-state index in [1.807, 2.05) is 6.08 Å². The lowest BCUT2D eigenvalue weighted by Gasteiger charge is -2.32. The van der Waals surface area contributed by atoms with Crippen molar-refractivity contribution >= 4 is 21.2 Å². The Labute approximate surface area is 165 Å². The zero-order valence-electron chi connectivity index (χ0n) is 18.3. The highest BCUT2D eigenvalue weighted by Gasteiger charge is 2.52. The molecule has 2 rings (SSSR count). The minimum atomic E-state index is -1.47. The first kappa shape index (κ1) is 22.6. The molecule has 0 saturated carbocycles. The van der Waals surface area contributed by atoms with Gasteiger partial charge in [-0.15, -0.1) is 0 Å². The van der Waals surface area contributed by atoms with Crippen molar-refractivity contribution in [3.63, 3.8) is 0 Å². The van der Waals surface area contributed by atoms with Gasteiger partial charge in [-0.3, -0.25) is 9.69 Å². The number of rotatable bonds is 6. The second-order valence-electron chi connectivity index (χ2n) is 9.68. The van der Waals surface area contributed by atoms with Gasteiger partial charge in [-0.05, 0) is 39.2 Å². The van der Waals surface area contributed by atoms with Crippen molar-refractivity contribution < 1.29 is 23.6 Å². The summed E-state index contributed by atoms with van der Waals surface area (Å²) in [5.74, 6) is -0.249. The van der Waals surface area contributed by atoms with E-state index in [1.165, 1.54) is 7.11 Å². The van der Waals surface area contributed by atoms with E-state index in [4.69, 9.17) is 18.8 Å². The summed E-state index contributed by atoms with van der Waals surface area (Å²) in [6.45, 7) is 17.8. The fourth-order valence-corrected chi connectivity index (χ4v) is 4.84. The molecule has 6 nitrogen and oxygen atoms in total. The third kappa shape index (κ3) is 5.67. The summed E-state index contributed by atoms with van der Waals surface area (Å²) in [4.78, 5) is 14.7. The molecular formula is C19H36BNO5Si. The van der Waals surface area contributed by atoms with Gasteiger partial charge in [-0.1, -0.05) is 25.7 Å². The van der Waals surface area contributed by atoms with Crippen LogP contribution in [0.3, 0.4) is 0 Å². The molecule has 0 aromatic carbocycles. The predicted molar refractivity (Wildman–Crippen MR) is 111 cm³/mol. The summed E-state index contributed by atoms with van der Waals surface area (Å²) in [5, 5.41) is 0. The molecule has 2 heterocycles. The molecule has 8 heteroatoms. The summed E-state index contributed by atoms with van der Waals surface area (Å²) in [7, 11) is -0.460. The molecule has 0 radical (unpaired) electrons. The topological polar surface area (TPSA) is 57.2 Å². The lowest BCUT2D eigenvalue weighted by Crippen LogP contribution is -2.47. The fourth-order valence-electron chi connectivity index (χ4n) is 3.33. The molecule has 154 valence electrons. The van der Waals surface area contributed by atoms with Gasteiger partial charge in [0.05, 0.1) is 31.5 Å². The smallest absolute Gasteiger partial charge is 0.468 e. The van der Waals surface area contributed by atoms with Gasteiger partial charge in [0.15, 0.2) is 0 Å². The number of ether oxygens (including phenoxy) is 2. The third-order valence-electron chi connectivity index (χ3n) is 5.54. The standard InChI is InChI=1S/C19H36BNO5Si/c1-18(2)19(3,4)26-20(25-18)15(14-27(6,7)8)13-16(17(22)23-5)21-9-11-24-12-10-21/h13,16H,9-12,14H2,1-8H3/b15-13+. The Morgan fingerprint density at radius 1 is 1.15 bits per heavy atom. The number of esters is 1. The van der Waals surface area contributed by atoms with Crippen LogP contribution in [0, 0.1) is 0 Å². The van der Waals surface area contributed by atoms with Gasteiger partial charge < -0.3 is 18.8 Å². The molecule has 2 aliphatic heterocycles. The SMILES string of the molecule is COC(=O)C(/C=C(\C[Si](C)(C)C)B1OC(C)(C)C(C)(C)O1)N1CCOCC1. The summed E-state index contributed by atoms with van der Waals surface area (Å²) in [5.41, 5.74) is 0.237. The van der Waals surface area contributed by atoms with E-state index in [9.17, 15) is 4.79 Å². The quantitative estimate of drug-likeness (QED) is 0.508. The number of methoxy groups -OCH3 is 1. The van der Waals surface area contributed by atoms with Crippen LogP contribution in [0.15, 0.2) is 11.5 Å². The highest BCUT2D eigenvalue weighted by Crippen LogP contribution is 2.40. The van der Waals surface area contributed by atoms with E-state index in [1.54, 1.807) is 0 Å². The van der Waals surface area contributed by atoms with Gasteiger partial charge in [0, 0.05) is 21.2 Å². The average molecular weight is 397 g/mol. The summed E-state index contributed by atoms with van der Waals surface area (Å²) < 4.78 is 23.2. The van der Waals surface area contributed by atoms with E-state index in [0.29, 0.717) is 26.3 Å². The Hall–Kier alpha value is -0.668. The molecular weight excluding hydrogens is 361 g/mol. The molecule has 0 aromatic rings. The summed E-state index contributed by atoms with van der Waals surface area (Å²) in [6.07, 6.45) is 2.03. The summed E-state index contributed by atoms with van der Waals surface area (Å²) >= 11 is 0. The van der Waals surface area contributed by atoms with Crippen molar-refractivity contribution in [2.75, 3.05) is 33.4 Å². The molecule has 0 amide bonds. The zero-order chi connectivity index (χ0) is 20.5. The average Bonchev–Trinajstić information content (AvgIpc) is 2.78. The monoisotopic (exact) mass is 397 g/mol. The summed E-state index contributed by atoms with van der Waals surface area (Å²) in [6, 6.07) is 0.464.